The van der Waals surface area contributed by atoms with E-state index in [0.717, 1.165) is 25.7 Å². The second kappa shape index (κ2) is 23.6. The lowest BCUT2D eigenvalue weighted by molar-refractivity contribution is -0.384. The van der Waals surface area contributed by atoms with Gasteiger partial charge in [-0.05, 0) is 104 Å². The normalized spacial score (nSPS) is 32.4. The number of hydrogen-bond donors (Lipinski definition) is 3. The van der Waals surface area contributed by atoms with Gasteiger partial charge in [-0.1, -0.05) is 61.2 Å². The van der Waals surface area contributed by atoms with E-state index in [2.05, 4.69) is 74.1 Å². The fourth-order valence-electron chi connectivity index (χ4n) is 11.1. The van der Waals surface area contributed by atoms with Gasteiger partial charge in [0.15, 0.2) is 0 Å². The molecule has 2 saturated carbocycles. The number of methoxy groups -OCH3 is 2. The highest BCUT2D eigenvalue weighted by molar-refractivity contribution is 5.70. The molecular formula is C53H78N8O15. The number of carbonyl (C=O) groups excluding carboxylic acids is 2. The Morgan fingerprint density at radius 3 is 1.59 bits per heavy atom. The summed E-state index contributed by atoms with van der Waals surface area (Å²) >= 11 is 0. The number of hydrogen-bond acceptors (Lipinski definition) is 22. The van der Waals surface area contributed by atoms with Crippen LogP contribution in [0.1, 0.15) is 138 Å². The highest BCUT2D eigenvalue weighted by Gasteiger charge is 2.73. The number of rotatable bonds is 18. The lowest BCUT2D eigenvalue weighted by atomic mass is 9.68. The molecule has 1 aromatic carbocycles. The number of anilines is 2. The Kier molecular flexibility index (Phi) is 18.0. The summed E-state index contributed by atoms with van der Waals surface area (Å²) in [5.41, 5.74) is 17.6. The topological polar surface area (TPSA) is 329 Å². The van der Waals surface area contributed by atoms with Crippen LogP contribution in [0, 0.1) is 33.8 Å². The molecule has 4 saturated heterocycles. The maximum atomic E-state index is 13.0. The number of nitrogens with zero attached hydrogens (tertiary/aromatic N) is 5. The predicted molar refractivity (Wildman–Crippen MR) is 274 cm³/mol. The predicted octanol–water partition coefficient (Wildman–Crippen LogP) is 7.90. The molecular weight excluding hydrogens is 989 g/mol. The molecule has 23 heteroatoms. The van der Waals surface area contributed by atoms with Crippen LogP contribution < -0.4 is 21.9 Å². The maximum Gasteiger partial charge on any atom is 0.514 e. The Bertz CT molecular complexity index is 2530. The maximum absolute atomic E-state index is 13.0. The van der Waals surface area contributed by atoms with Crippen LogP contribution in [0.4, 0.5) is 22.5 Å². The monoisotopic (exact) mass is 1070 g/mol. The van der Waals surface area contributed by atoms with Crippen LogP contribution in [0.15, 0.2) is 56.4 Å². The summed E-state index contributed by atoms with van der Waals surface area (Å²) in [7, 11) is 3.28. The summed E-state index contributed by atoms with van der Waals surface area (Å²) in [6.45, 7) is 21.8. The van der Waals surface area contributed by atoms with E-state index in [1.807, 2.05) is 27.7 Å². The minimum Gasteiger partial charge on any atom is -0.460 e. The van der Waals surface area contributed by atoms with Crippen molar-refractivity contribution in [3.05, 3.63) is 69.5 Å². The van der Waals surface area contributed by atoms with Crippen LogP contribution in [-0.2, 0) is 42.7 Å². The number of allylic oxidation sites excluding steroid dienone is 2. The molecule has 6 N–H and O–H groups in total. The molecule has 14 atom stereocenters. The number of benzene rings is 1. The van der Waals surface area contributed by atoms with E-state index in [9.17, 15) is 19.7 Å². The summed E-state index contributed by atoms with van der Waals surface area (Å²) in [6, 6.07) is 5.09. The molecule has 23 nitrogen and oxygen atoms in total. The van der Waals surface area contributed by atoms with E-state index in [4.69, 9.17) is 68.7 Å². The Labute approximate surface area is 443 Å². The van der Waals surface area contributed by atoms with E-state index in [-0.39, 0.29) is 113 Å². The first-order chi connectivity index (χ1) is 35.9. The summed E-state index contributed by atoms with van der Waals surface area (Å²) in [4.78, 5) is 35.7. The van der Waals surface area contributed by atoms with Gasteiger partial charge in [0.1, 0.15) is 52.6 Å². The zero-order chi connectivity index (χ0) is 55.5. The third-order valence-electron chi connectivity index (χ3n) is 15.7. The van der Waals surface area contributed by atoms with Gasteiger partial charge in [-0.3, -0.25) is 14.9 Å². The van der Waals surface area contributed by atoms with Crippen LogP contribution in [0.3, 0.4) is 0 Å². The van der Waals surface area contributed by atoms with Crippen LogP contribution in [0.5, 0.6) is 5.75 Å². The Morgan fingerprint density at radius 1 is 0.750 bits per heavy atom. The van der Waals surface area contributed by atoms with Crippen LogP contribution in [-0.4, -0.2) is 124 Å². The number of carbonyl (C=O) groups is 2. The summed E-state index contributed by atoms with van der Waals surface area (Å²) in [6.07, 6.45) is 6.70. The molecule has 2 spiro atoms. The van der Waals surface area contributed by atoms with E-state index >= 15 is 0 Å². The highest BCUT2D eigenvalue weighted by Crippen LogP contribution is 2.61. The van der Waals surface area contributed by atoms with Gasteiger partial charge in [0.2, 0.25) is 11.8 Å². The number of non-ortho nitro benzene ring substituents is 1. The van der Waals surface area contributed by atoms with Gasteiger partial charge in [0.05, 0.1) is 60.6 Å². The van der Waals surface area contributed by atoms with Crippen LogP contribution >= 0.6 is 0 Å². The van der Waals surface area contributed by atoms with Gasteiger partial charge in [-0.15, -0.1) is 10.2 Å². The molecule has 6 fully saturated rings. The number of nitrogens with two attached hydrogens (primary N) is 3. The first kappa shape index (κ1) is 58.1. The third-order valence-corrected chi connectivity index (χ3v) is 15.7. The van der Waals surface area contributed by atoms with Gasteiger partial charge >= 0.3 is 24.2 Å². The minimum atomic E-state index is -0.875. The Morgan fingerprint density at radius 2 is 1.21 bits per heavy atom. The minimum absolute atomic E-state index is 0.00579. The van der Waals surface area contributed by atoms with Gasteiger partial charge in [-0.2, -0.15) is 0 Å². The SMILES string of the molecule is CC(C)[C@H](N)c1nnc(N)o1.COC1[C@H](OC(=O)C[C@H](c2nnc(N)o2)C(C)C)CC[C@]2(CO2)[C@H]1[C@@]1(C)O[C@@H]1CC=C(C)C.COC1[C@H](OC(=O)Oc2ccc([N+](=O)[O-])cc2)CC[C@]2(CO2)[C@H]1[C@@]1(C)O[C@@H]1CC=C(C)C. The molecule has 2 unspecified atom stereocenters. The van der Waals surface area contributed by atoms with Gasteiger partial charge in [-0.25, -0.2) is 4.79 Å². The second-order valence-electron chi connectivity index (χ2n) is 22.3. The number of nitro groups is 1. The molecule has 3 aromatic rings. The summed E-state index contributed by atoms with van der Waals surface area (Å²) < 4.78 is 63.2. The van der Waals surface area contributed by atoms with E-state index < -0.39 is 28.9 Å². The molecule has 76 heavy (non-hydrogen) atoms. The number of epoxide rings is 4. The van der Waals surface area contributed by atoms with Crippen molar-refractivity contribution in [2.45, 2.75) is 185 Å². The average molecular weight is 1070 g/mol. The Balaban J connectivity index is 0.000000185. The number of ether oxygens (including phenoxy) is 9. The average Bonchev–Trinajstić information content (AvgIpc) is 4.35. The fourth-order valence-corrected chi connectivity index (χ4v) is 11.1. The number of nitrogen functional groups attached to an aromatic ring is 2. The molecule has 9 rings (SSSR count). The van der Waals surface area contributed by atoms with E-state index in [0.29, 0.717) is 37.8 Å². The van der Waals surface area contributed by atoms with Gasteiger partial charge in [0.25, 0.3) is 5.69 Å². The number of nitro benzene ring substituents is 1. The quantitative estimate of drug-likeness (QED) is 0.0272. The summed E-state index contributed by atoms with van der Waals surface area (Å²) in [5, 5.41) is 25.6. The van der Waals surface area contributed by atoms with Gasteiger partial charge < -0.3 is 68.7 Å². The lowest BCUT2D eigenvalue weighted by Crippen LogP contribution is -2.55. The van der Waals surface area contributed by atoms with Crippen molar-refractivity contribution in [1.82, 2.24) is 20.4 Å². The molecule has 0 radical (unpaired) electrons. The Hall–Kier alpha value is -5.56. The molecule has 2 aliphatic carbocycles. The van der Waals surface area contributed by atoms with Crippen molar-refractivity contribution >= 4 is 29.8 Å². The zero-order valence-corrected chi connectivity index (χ0v) is 45.8. The standard InChI is InChI=1S/C24H37N3O6.C23H29NO8.C6H12N4O/c1-13(2)7-8-17-23(5,33-17)20-19(29-6)16(9-10-24(20)12-30-24)31-18(28)11-15(14(3)4)21-26-27-22(25)32-21;1-14(2)5-10-18-22(3,32-18)20-19(28-4)17(11-12-23(20)13-29-23)31-21(25)30-16-8-6-15(7-9-16)24(26)27;1-3(2)4(7)5-9-10-6(8)11-5/h7,14-17,19-20H,8-12H2,1-6H3,(H2,25,27);5-9,17-20H,10-13H2,1-4H3;3-4H,7H2,1-2H3,(H2,8,10)/t15-,16+,17+,19?,20+,23-,24-;17-,18-,19?,20-,22+,23+;4-/m010/s1. The smallest absolute Gasteiger partial charge is 0.460 e. The van der Waals surface area contributed by atoms with Crippen LogP contribution in [0.2, 0.25) is 0 Å². The third kappa shape index (κ3) is 13.4. The van der Waals surface area contributed by atoms with E-state index in [1.54, 1.807) is 14.2 Å². The van der Waals surface area contributed by atoms with Crippen molar-refractivity contribution in [2.75, 3.05) is 38.9 Å². The molecule has 0 amide bonds. The van der Waals surface area contributed by atoms with E-state index in [1.165, 1.54) is 35.4 Å². The van der Waals surface area contributed by atoms with Crippen molar-refractivity contribution in [1.29, 1.82) is 0 Å². The largest absolute Gasteiger partial charge is 0.514 e. The molecule has 4 aliphatic heterocycles. The zero-order valence-electron chi connectivity index (χ0n) is 45.8. The number of aromatic nitrogens is 4. The fraction of sp³-hybridized carbons (Fsp3) is 0.698. The van der Waals surface area contributed by atoms with Crippen LogP contribution in [0.25, 0.3) is 0 Å². The molecule has 2 aromatic heterocycles. The highest BCUT2D eigenvalue weighted by atomic mass is 16.7. The number of esters is 1. The second-order valence-corrected chi connectivity index (χ2v) is 22.3. The first-order valence-corrected chi connectivity index (χ1v) is 26.1. The first-order valence-electron chi connectivity index (χ1n) is 26.1. The molecule has 6 heterocycles. The van der Waals surface area contributed by atoms with Crippen molar-refractivity contribution in [3.63, 3.8) is 0 Å². The van der Waals surface area contributed by atoms with Crippen molar-refractivity contribution < 1.29 is 66.0 Å². The molecule has 420 valence electrons. The van der Waals surface area contributed by atoms with Crippen molar-refractivity contribution in [3.8, 4) is 5.75 Å². The van der Waals surface area contributed by atoms with Crippen molar-refractivity contribution in [2.24, 2.45) is 29.4 Å². The summed E-state index contributed by atoms with van der Waals surface area (Å²) in [5.74, 6) is 0.638. The van der Waals surface area contributed by atoms with Gasteiger partial charge in [0, 0.05) is 26.4 Å². The molecule has 0 bridgehead atoms. The molecule has 6 aliphatic rings. The lowest BCUT2D eigenvalue weighted by Gasteiger charge is -2.42.